The van der Waals surface area contributed by atoms with E-state index in [4.69, 9.17) is 0 Å². The molecule has 3 aromatic rings. The summed E-state index contributed by atoms with van der Waals surface area (Å²) in [4.78, 5) is 12.7. The molecule has 0 saturated heterocycles. The van der Waals surface area contributed by atoms with E-state index in [9.17, 15) is 10.4 Å². The number of aliphatic hydroxyl groups excluding tert-OH is 1. The van der Waals surface area contributed by atoms with Crippen LogP contribution in [0.3, 0.4) is 0 Å². The highest BCUT2D eigenvalue weighted by atomic mass is 16.3. The van der Waals surface area contributed by atoms with Crippen LogP contribution in [0, 0.1) is 23.7 Å². The lowest BCUT2D eigenvalue weighted by Gasteiger charge is -2.30. The molecular weight excluding hydrogens is 372 g/mol. The van der Waals surface area contributed by atoms with Crippen LogP contribution in [-0.4, -0.2) is 20.1 Å². The fraction of sp³-hybridized carbons (Fsp3) is 0.360. The van der Waals surface area contributed by atoms with Crippen LogP contribution in [0.4, 0.5) is 0 Å². The molecule has 1 atom stereocenters. The number of aryl methyl sites for hydroxylation is 1. The summed E-state index contributed by atoms with van der Waals surface area (Å²) in [5.41, 5.74) is 4.96. The number of aromatic nitrogens is 3. The number of nitrogens with zero attached hydrogens (tertiary/aromatic N) is 4. The standard InChI is InChI=1S/C25H28N4O/c1-17-10-20(25(4,5)15-26)7-9-22(17)18-6-8-21(29-14-18)11-24(2,3)23(30)19-12-27-16-28-13-19/h6-10,12-14,16,23,30H,11H2,1-5H3. The zero-order chi connectivity index (χ0) is 21.9. The van der Waals surface area contributed by atoms with Crippen molar-refractivity contribution in [3.63, 3.8) is 0 Å². The van der Waals surface area contributed by atoms with Crippen molar-refractivity contribution in [2.75, 3.05) is 0 Å². The van der Waals surface area contributed by atoms with E-state index in [-0.39, 0.29) is 0 Å². The molecule has 5 heteroatoms. The Kier molecular flexibility index (Phi) is 6.00. The topological polar surface area (TPSA) is 82.7 Å². The average Bonchev–Trinajstić information content (AvgIpc) is 2.74. The first-order chi connectivity index (χ1) is 14.1. The summed E-state index contributed by atoms with van der Waals surface area (Å²) in [5, 5.41) is 20.1. The van der Waals surface area contributed by atoms with Gasteiger partial charge in [0.25, 0.3) is 0 Å². The van der Waals surface area contributed by atoms with Crippen molar-refractivity contribution < 1.29 is 5.11 Å². The molecule has 30 heavy (non-hydrogen) atoms. The molecule has 2 heterocycles. The minimum absolute atomic E-state index is 0.417. The quantitative estimate of drug-likeness (QED) is 0.633. The smallest absolute Gasteiger partial charge is 0.115 e. The Hall–Kier alpha value is -3.10. The second-order valence-electron chi connectivity index (χ2n) is 9.04. The SMILES string of the molecule is Cc1cc(C(C)(C)C#N)ccc1-c1ccc(CC(C)(C)C(O)c2cncnc2)nc1. The third-order valence-electron chi connectivity index (χ3n) is 5.64. The predicted octanol–water partition coefficient (Wildman–Crippen LogP) is 4.95. The van der Waals surface area contributed by atoms with Gasteiger partial charge in [-0.2, -0.15) is 5.26 Å². The van der Waals surface area contributed by atoms with Crippen molar-refractivity contribution in [3.05, 3.63) is 77.6 Å². The van der Waals surface area contributed by atoms with E-state index in [0.29, 0.717) is 12.0 Å². The Balaban J connectivity index is 1.79. The third kappa shape index (κ3) is 4.55. The maximum Gasteiger partial charge on any atom is 0.115 e. The van der Waals surface area contributed by atoms with Crippen LogP contribution in [0.1, 0.15) is 56.2 Å². The molecule has 2 aromatic heterocycles. The fourth-order valence-electron chi connectivity index (χ4n) is 3.60. The first-order valence-electron chi connectivity index (χ1n) is 10.0. The molecule has 0 aliphatic carbocycles. The molecule has 0 amide bonds. The van der Waals surface area contributed by atoms with Gasteiger partial charge in [0.15, 0.2) is 0 Å². The lowest BCUT2D eigenvalue weighted by atomic mass is 9.79. The Labute approximate surface area is 178 Å². The lowest BCUT2D eigenvalue weighted by molar-refractivity contribution is 0.0482. The van der Waals surface area contributed by atoms with E-state index in [0.717, 1.165) is 27.9 Å². The van der Waals surface area contributed by atoms with Gasteiger partial charge < -0.3 is 5.11 Å². The molecule has 0 spiro atoms. The molecule has 0 aliphatic rings. The van der Waals surface area contributed by atoms with Crippen LogP contribution >= 0.6 is 0 Å². The lowest BCUT2D eigenvalue weighted by Crippen LogP contribution is -2.25. The number of pyridine rings is 1. The molecule has 0 bridgehead atoms. The highest BCUT2D eigenvalue weighted by molar-refractivity contribution is 5.67. The van der Waals surface area contributed by atoms with Gasteiger partial charge in [-0.05, 0) is 49.9 Å². The van der Waals surface area contributed by atoms with E-state index >= 15 is 0 Å². The summed E-state index contributed by atoms with van der Waals surface area (Å²) in [5.74, 6) is 0. The second-order valence-corrected chi connectivity index (χ2v) is 9.04. The van der Waals surface area contributed by atoms with Gasteiger partial charge in [-0.1, -0.05) is 38.1 Å². The Morgan fingerprint density at radius 1 is 1.03 bits per heavy atom. The van der Waals surface area contributed by atoms with Crippen LogP contribution in [0.5, 0.6) is 0 Å². The number of rotatable bonds is 6. The second kappa shape index (κ2) is 8.33. The van der Waals surface area contributed by atoms with Gasteiger partial charge in [0, 0.05) is 40.8 Å². The highest BCUT2D eigenvalue weighted by Crippen LogP contribution is 2.36. The Morgan fingerprint density at radius 2 is 1.73 bits per heavy atom. The number of nitriles is 1. The Morgan fingerprint density at radius 3 is 2.30 bits per heavy atom. The monoisotopic (exact) mass is 400 g/mol. The van der Waals surface area contributed by atoms with Crippen LogP contribution in [0.15, 0.2) is 55.2 Å². The number of hydrogen-bond acceptors (Lipinski definition) is 5. The van der Waals surface area contributed by atoms with E-state index in [1.54, 1.807) is 12.4 Å². The molecule has 1 aromatic carbocycles. The van der Waals surface area contributed by atoms with Gasteiger partial charge in [0.1, 0.15) is 6.33 Å². The zero-order valence-corrected chi connectivity index (χ0v) is 18.2. The number of benzene rings is 1. The molecule has 3 rings (SSSR count). The van der Waals surface area contributed by atoms with Crippen molar-refractivity contribution in [1.29, 1.82) is 5.26 Å². The maximum atomic E-state index is 10.8. The van der Waals surface area contributed by atoms with Gasteiger partial charge >= 0.3 is 0 Å². The van der Waals surface area contributed by atoms with Gasteiger partial charge in [-0.25, -0.2) is 9.97 Å². The zero-order valence-electron chi connectivity index (χ0n) is 18.2. The van der Waals surface area contributed by atoms with E-state index < -0.39 is 16.9 Å². The molecule has 154 valence electrons. The minimum atomic E-state index is -0.682. The minimum Gasteiger partial charge on any atom is -0.388 e. The molecule has 0 fully saturated rings. The summed E-state index contributed by atoms with van der Waals surface area (Å²) in [6.07, 6.45) is 6.57. The molecule has 0 saturated carbocycles. The van der Waals surface area contributed by atoms with Crippen LogP contribution in [0.2, 0.25) is 0 Å². The van der Waals surface area contributed by atoms with Crippen molar-refractivity contribution in [2.45, 2.75) is 52.6 Å². The summed E-state index contributed by atoms with van der Waals surface area (Å²) < 4.78 is 0. The van der Waals surface area contributed by atoms with Crippen molar-refractivity contribution in [2.24, 2.45) is 5.41 Å². The molecule has 1 unspecified atom stereocenters. The van der Waals surface area contributed by atoms with Gasteiger partial charge in [0.05, 0.1) is 17.6 Å². The van der Waals surface area contributed by atoms with Gasteiger partial charge in [0.2, 0.25) is 0 Å². The summed E-state index contributed by atoms with van der Waals surface area (Å²) in [7, 11) is 0. The molecular formula is C25H28N4O. The van der Waals surface area contributed by atoms with E-state index in [2.05, 4.69) is 46.1 Å². The summed E-state index contributed by atoms with van der Waals surface area (Å²) in [6, 6.07) is 12.6. The van der Waals surface area contributed by atoms with Crippen LogP contribution in [0.25, 0.3) is 11.1 Å². The third-order valence-corrected chi connectivity index (χ3v) is 5.64. The van der Waals surface area contributed by atoms with Crippen molar-refractivity contribution >= 4 is 0 Å². The predicted molar refractivity (Wildman–Crippen MR) is 118 cm³/mol. The highest BCUT2D eigenvalue weighted by Gasteiger charge is 2.30. The molecule has 5 nitrogen and oxygen atoms in total. The normalized spacial score (nSPS) is 13.0. The number of aliphatic hydroxyl groups is 1. The molecule has 0 aliphatic heterocycles. The first-order valence-corrected chi connectivity index (χ1v) is 10.0. The van der Waals surface area contributed by atoms with E-state index in [1.807, 2.05) is 46.0 Å². The van der Waals surface area contributed by atoms with Gasteiger partial charge in [-0.15, -0.1) is 0 Å². The number of hydrogen-bond donors (Lipinski definition) is 1. The molecule has 0 radical (unpaired) electrons. The average molecular weight is 401 g/mol. The largest absolute Gasteiger partial charge is 0.388 e. The van der Waals surface area contributed by atoms with Crippen LogP contribution in [-0.2, 0) is 11.8 Å². The molecule has 1 N–H and O–H groups in total. The van der Waals surface area contributed by atoms with E-state index in [1.165, 1.54) is 6.33 Å². The first kappa shape index (κ1) is 21.6. The van der Waals surface area contributed by atoms with Gasteiger partial charge in [-0.3, -0.25) is 4.98 Å². The summed E-state index contributed by atoms with van der Waals surface area (Å²) >= 11 is 0. The fourth-order valence-corrected chi connectivity index (χ4v) is 3.60. The Bertz CT molecular complexity index is 1050. The van der Waals surface area contributed by atoms with Crippen molar-refractivity contribution in [1.82, 2.24) is 15.0 Å². The maximum absolute atomic E-state index is 10.8. The summed E-state index contributed by atoms with van der Waals surface area (Å²) in [6.45, 7) is 9.94. The van der Waals surface area contributed by atoms with Crippen molar-refractivity contribution in [3.8, 4) is 17.2 Å². The van der Waals surface area contributed by atoms with Crippen LogP contribution < -0.4 is 0 Å².